The predicted octanol–water partition coefficient (Wildman–Crippen LogP) is 9.34. The molecule has 210 valence electrons. The number of piperidine rings is 1. The van der Waals surface area contributed by atoms with E-state index >= 15 is 0 Å². The molecule has 2 aromatic heterocycles. The molecule has 4 aromatic rings. The van der Waals surface area contributed by atoms with Gasteiger partial charge in [0.2, 0.25) is 0 Å². The van der Waals surface area contributed by atoms with E-state index in [-0.39, 0.29) is 25.9 Å². The van der Waals surface area contributed by atoms with Gasteiger partial charge in [-0.3, -0.25) is 4.57 Å². The summed E-state index contributed by atoms with van der Waals surface area (Å²) in [4.78, 5) is 16.2. The molecular formula is C28H32Cl2F3N5S. The van der Waals surface area contributed by atoms with E-state index in [4.69, 9.17) is 33.2 Å². The number of halogens is 5. The zero-order valence-electron chi connectivity index (χ0n) is 22.6. The molecule has 5 nitrogen and oxygen atoms in total. The lowest BCUT2D eigenvalue weighted by atomic mass is 9.96. The van der Waals surface area contributed by atoms with Crippen molar-refractivity contribution in [1.82, 2.24) is 19.5 Å². The number of aromatic nitrogens is 4. The first-order chi connectivity index (χ1) is 18.8. The van der Waals surface area contributed by atoms with Crippen molar-refractivity contribution in [2.24, 2.45) is 5.92 Å². The summed E-state index contributed by atoms with van der Waals surface area (Å²) >= 11 is 14.0. The number of anilines is 1. The summed E-state index contributed by atoms with van der Waals surface area (Å²) < 4.78 is 41.7. The van der Waals surface area contributed by atoms with E-state index < -0.39 is 12.1 Å². The third kappa shape index (κ3) is 6.81. The van der Waals surface area contributed by atoms with E-state index in [0.717, 1.165) is 5.69 Å². The molecule has 3 heterocycles. The second-order valence-corrected chi connectivity index (χ2v) is 9.85. The van der Waals surface area contributed by atoms with Crippen LogP contribution in [0.5, 0.6) is 0 Å². The van der Waals surface area contributed by atoms with Gasteiger partial charge in [0.1, 0.15) is 5.82 Å². The molecule has 1 aliphatic heterocycles. The second-order valence-electron chi connectivity index (χ2n) is 8.24. The monoisotopic (exact) mass is 597 g/mol. The number of hydrogen-bond donors (Lipinski definition) is 0. The van der Waals surface area contributed by atoms with Crippen LogP contribution in [0.25, 0.3) is 28.2 Å². The fourth-order valence-electron chi connectivity index (χ4n) is 4.31. The van der Waals surface area contributed by atoms with Crippen LogP contribution in [0, 0.1) is 5.92 Å². The Labute approximate surface area is 241 Å². The van der Waals surface area contributed by atoms with E-state index in [2.05, 4.69) is 4.98 Å². The molecule has 5 rings (SSSR count). The zero-order valence-corrected chi connectivity index (χ0v) is 24.9. The largest absolute Gasteiger partial charge is 0.391 e. The number of nitrogens with zero attached hydrogens (tertiary/aromatic N) is 5. The average Bonchev–Trinajstić information content (AvgIpc) is 3.34. The minimum Gasteiger partial charge on any atom is -0.355 e. The lowest BCUT2D eigenvalue weighted by molar-refractivity contribution is -0.179. The first-order valence-electron chi connectivity index (χ1n) is 12.9. The van der Waals surface area contributed by atoms with E-state index in [9.17, 15) is 13.2 Å². The molecule has 0 spiro atoms. The maximum atomic E-state index is 13.3. The third-order valence-corrected chi connectivity index (χ3v) is 7.24. The minimum absolute atomic E-state index is 0.0128. The Kier molecular flexibility index (Phi) is 10.9. The predicted molar refractivity (Wildman–Crippen MR) is 158 cm³/mol. The fraction of sp³-hybridized carbons (Fsp3) is 0.393. The molecule has 0 saturated carbocycles. The standard InChI is InChI=1S/C24H20Cl2F3N5S.2C2H6/c1-35-23-31-21(33-12-10-14(11-13-33)24(27,28)29)19-22(32-23)34(16-8-6-15(25)7-9-16)20(30-19)17-4-2-3-5-18(17)26;2*1-2/h2-9,14H,10-13H2,1H3;2*1-2H3. The average molecular weight is 599 g/mol. The second kappa shape index (κ2) is 13.7. The molecule has 0 bridgehead atoms. The van der Waals surface area contributed by atoms with Gasteiger partial charge in [-0.1, -0.05) is 74.8 Å². The van der Waals surface area contributed by atoms with Crippen LogP contribution in [-0.2, 0) is 0 Å². The number of rotatable bonds is 4. The van der Waals surface area contributed by atoms with Crippen molar-refractivity contribution in [3.63, 3.8) is 0 Å². The summed E-state index contributed by atoms with van der Waals surface area (Å²) in [7, 11) is 0. The Morgan fingerprint density at radius 3 is 2.05 bits per heavy atom. The molecule has 39 heavy (non-hydrogen) atoms. The van der Waals surface area contributed by atoms with Gasteiger partial charge >= 0.3 is 6.18 Å². The van der Waals surface area contributed by atoms with Gasteiger partial charge in [0.25, 0.3) is 0 Å². The van der Waals surface area contributed by atoms with Crippen LogP contribution in [0.15, 0.2) is 53.7 Å². The van der Waals surface area contributed by atoms with E-state index in [1.165, 1.54) is 11.8 Å². The van der Waals surface area contributed by atoms with Gasteiger partial charge in [0.05, 0.1) is 10.9 Å². The van der Waals surface area contributed by atoms with Crippen molar-refractivity contribution in [1.29, 1.82) is 0 Å². The summed E-state index contributed by atoms with van der Waals surface area (Å²) in [6.45, 7) is 8.47. The van der Waals surface area contributed by atoms with Crippen molar-refractivity contribution < 1.29 is 13.2 Å². The molecule has 1 aliphatic rings. The number of benzene rings is 2. The summed E-state index contributed by atoms with van der Waals surface area (Å²) in [5.41, 5.74) is 2.54. The Morgan fingerprint density at radius 2 is 1.49 bits per heavy atom. The summed E-state index contributed by atoms with van der Waals surface area (Å²) in [6.07, 6.45) is -2.30. The molecule has 1 fully saturated rings. The number of imidazole rings is 1. The molecule has 0 aliphatic carbocycles. The highest BCUT2D eigenvalue weighted by molar-refractivity contribution is 7.98. The number of thioether (sulfide) groups is 1. The van der Waals surface area contributed by atoms with Crippen LogP contribution < -0.4 is 4.90 Å². The lowest BCUT2D eigenvalue weighted by Gasteiger charge is -2.33. The zero-order chi connectivity index (χ0) is 28.7. The van der Waals surface area contributed by atoms with Gasteiger partial charge in [-0.05, 0) is 55.5 Å². The number of fused-ring (bicyclic) bond motifs is 1. The summed E-state index contributed by atoms with van der Waals surface area (Å²) in [5, 5.41) is 1.61. The van der Waals surface area contributed by atoms with Crippen molar-refractivity contribution in [3.05, 3.63) is 58.6 Å². The Bertz CT molecular complexity index is 1370. The van der Waals surface area contributed by atoms with Crippen LogP contribution in [-0.4, -0.2) is 45.0 Å². The topological polar surface area (TPSA) is 46.8 Å². The highest BCUT2D eigenvalue weighted by Gasteiger charge is 2.41. The fourth-order valence-corrected chi connectivity index (χ4v) is 5.01. The van der Waals surface area contributed by atoms with Crippen molar-refractivity contribution in [2.45, 2.75) is 51.9 Å². The SMILES string of the molecule is CC.CC.CSc1nc(N2CCC(C(F)(F)F)CC2)c2nc(-c3ccccc3Cl)n(-c3ccc(Cl)cc3)c2n1. The highest BCUT2D eigenvalue weighted by Crippen LogP contribution is 2.39. The molecule has 0 atom stereocenters. The normalized spacial score (nSPS) is 13.9. The van der Waals surface area contributed by atoms with Crippen LogP contribution >= 0.6 is 35.0 Å². The van der Waals surface area contributed by atoms with Crippen LogP contribution in [0.4, 0.5) is 19.0 Å². The number of hydrogen-bond acceptors (Lipinski definition) is 5. The third-order valence-electron chi connectivity index (χ3n) is 6.11. The molecule has 1 saturated heterocycles. The van der Waals surface area contributed by atoms with Crippen LogP contribution in [0.3, 0.4) is 0 Å². The van der Waals surface area contributed by atoms with Gasteiger partial charge in [-0.15, -0.1) is 0 Å². The first-order valence-corrected chi connectivity index (χ1v) is 14.9. The molecule has 0 radical (unpaired) electrons. The number of alkyl halides is 3. The minimum atomic E-state index is -4.19. The Hall–Kier alpha value is -2.49. The molecule has 0 amide bonds. The van der Waals surface area contributed by atoms with E-state index in [1.807, 2.05) is 73.7 Å². The van der Waals surface area contributed by atoms with Crippen LogP contribution in [0.2, 0.25) is 10.0 Å². The Morgan fingerprint density at radius 1 is 0.872 bits per heavy atom. The quantitative estimate of drug-likeness (QED) is 0.173. The molecule has 0 N–H and O–H groups in total. The summed E-state index contributed by atoms with van der Waals surface area (Å²) in [5.74, 6) is -0.214. The summed E-state index contributed by atoms with van der Waals surface area (Å²) in [6, 6.07) is 14.6. The van der Waals surface area contributed by atoms with Gasteiger partial charge in [0, 0.05) is 29.4 Å². The Balaban J connectivity index is 0.00000100. The lowest BCUT2D eigenvalue weighted by Crippen LogP contribution is -2.39. The van der Waals surface area contributed by atoms with Crippen molar-refractivity contribution >= 4 is 51.9 Å². The molecular weight excluding hydrogens is 566 g/mol. The van der Waals surface area contributed by atoms with Crippen molar-refractivity contribution in [2.75, 3.05) is 24.2 Å². The maximum Gasteiger partial charge on any atom is 0.391 e. The van der Waals surface area contributed by atoms with Gasteiger partial charge in [-0.25, -0.2) is 15.0 Å². The first kappa shape index (κ1) is 31.0. The van der Waals surface area contributed by atoms with Gasteiger partial charge in [0.15, 0.2) is 22.1 Å². The van der Waals surface area contributed by atoms with E-state index in [0.29, 0.717) is 43.6 Å². The van der Waals surface area contributed by atoms with E-state index in [1.54, 1.807) is 18.2 Å². The molecule has 2 aromatic carbocycles. The van der Waals surface area contributed by atoms with Crippen LogP contribution in [0.1, 0.15) is 40.5 Å². The molecule has 0 unspecified atom stereocenters. The maximum absolute atomic E-state index is 13.3. The highest BCUT2D eigenvalue weighted by atomic mass is 35.5. The van der Waals surface area contributed by atoms with Gasteiger partial charge in [-0.2, -0.15) is 13.2 Å². The van der Waals surface area contributed by atoms with Crippen molar-refractivity contribution in [3.8, 4) is 17.1 Å². The molecule has 11 heteroatoms. The van der Waals surface area contributed by atoms with Gasteiger partial charge < -0.3 is 4.90 Å². The smallest absolute Gasteiger partial charge is 0.355 e.